The van der Waals surface area contributed by atoms with Crippen LogP contribution >= 0.6 is 0 Å². The van der Waals surface area contributed by atoms with Crippen molar-refractivity contribution in [3.8, 4) is 11.3 Å². The van der Waals surface area contributed by atoms with Gasteiger partial charge in [0.25, 0.3) is 0 Å². The van der Waals surface area contributed by atoms with E-state index in [1.54, 1.807) is 4.90 Å². The molecular weight excluding hydrogens is 254 g/mol. The van der Waals surface area contributed by atoms with Crippen molar-refractivity contribution in [2.24, 2.45) is 5.73 Å². The molecule has 2 heterocycles. The van der Waals surface area contributed by atoms with Gasteiger partial charge in [0.05, 0.1) is 5.69 Å². The summed E-state index contributed by atoms with van der Waals surface area (Å²) in [5, 5.41) is 3.98. The van der Waals surface area contributed by atoms with Crippen molar-refractivity contribution in [2.75, 3.05) is 11.9 Å². The number of aryl methyl sites for hydroxylation is 2. The number of anilines is 1. The van der Waals surface area contributed by atoms with Gasteiger partial charge in [-0.2, -0.15) is 0 Å². The summed E-state index contributed by atoms with van der Waals surface area (Å²) in [4.78, 5) is 13.4. The summed E-state index contributed by atoms with van der Waals surface area (Å²) in [6.45, 7) is 2.29. The van der Waals surface area contributed by atoms with Crippen LogP contribution in [0.5, 0.6) is 0 Å². The molecule has 0 radical (unpaired) electrons. The number of nitrogens with zero attached hydrogens (tertiary/aromatic N) is 2. The maximum absolute atomic E-state index is 11.7. The molecule has 1 aromatic carbocycles. The van der Waals surface area contributed by atoms with E-state index in [1.807, 2.05) is 26.1 Å². The summed E-state index contributed by atoms with van der Waals surface area (Å²) in [5.41, 5.74) is 10.6. The molecule has 0 bridgehead atoms. The number of nitrogens with two attached hydrogens (primary N) is 1. The first kappa shape index (κ1) is 12.9. The van der Waals surface area contributed by atoms with Gasteiger partial charge in [-0.25, -0.2) is 0 Å². The fraction of sp³-hybridized carbons (Fsp3) is 0.333. The SMILES string of the molecule is Cc1noc(-c2ccc3c(c2)CCC(=O)N3C)c1CN. The van der Waals surface area contributed by atoms with Gasteiger partial charge < -0.3 is 15.2 Å². The highest BCUT2D eigenvalue weighted by Gasteiger charge is 2.22. The Hall–Kier alpha value is -2.14. The van der Waals surface area contributed by atoms with Gasteiger partial charge in [0.15, 0.2) is 5.76 Å². The van der Waals surface area contributed by atoms with Gasteiger partial charge in [-0.05, 0) is 37.1 Å². The molecule has 20 heavy (non-hydrogen) atoms. The van der Waals surface area contributed by atoms with Crippen LogP contribution in [0.3, 0.4) is 0 Å². The fourth-order valence-corrected chi connectivity index (χ4v) is 2.65. The van der Waals surface area contributed by atoms with Crippen LogP contribution in [-0.2, 0) is 17.8 Å². The van der Waals surface area contributed by atoms with Gasteiger partial charge in [0.2, 0.25) is 5.91 Å². The van der Waals surface area contributed by atoms with Crippen molar-refractivity contribution in [1.29, 1.82) is 0 Å². The van der Waals surface area contributed by atoms with Crippen LogP contribution in [-0.4, -0.2) is 18.1 Å². The minimum Gasteiger partial charge on any atom is -0.356 e. The highest BCUT2D eigenvalue weighted by atomic mass is 16.5. The van der Waals surface area contributed by atoms with Gasteiger partial charge in [0.1, 0.15) is 0 Å². The lowest BCUT2D eigenvalue weighted by Gasteiger charge is -2.26. The monoisotopic (exact) mass is 271 g/mol. The third-order valence-corrected chi connectivity index (χ3v) is 3.87. The lowest BCUT2D eigenvalue weighted by molar-refractivity contribution is -0.118. The molecule has 0 unspecified atom stereocenters. The Kier molecular flexibility index (Phi) is 3.06. The Morgan fingerprint density at radius 3 is 2.95 bits per heavy atom. The smallest absolute Gasteiger partial charge is 0.227 e. The highest BCUT2D eigenvalue weighted by Crippen LogP contribution is 2.33. The molecule has 5 heteroatoms. The number of carbonyl (C=O) groups is 1. The third-order valence-electron chi connectivity index (χ3n) is 3.87. The van der Waals surface area contributed by atoms with Gasteiger partial charge in [0, 0.05) is 36.8 Å². The van der Waals surface area contributed by atoms with Crippen molar-refractivity contribution in [2.45, 2.75) is 26.3 Å². The molecule has 0 fully saturated rings. The van der Waals surface area contributed by atoms with E-state index in [0.29, 0.717) is 13.0 Å². The molecule has 0 saturated carbocycles. The summed E-state index contributed by atoms with van der Waals surface area (Å²) >= 11 is 0. The van der Waals surface area contributed by atoms with Crippen LogP contribution in [0, 0.1) is 6.92 Å². The molecule has 2 N–H and O–H groups in total. The van der Waals surface area contributed by atoms with Crippen molar-refractivity contribution < 1.29 is 9.32 Å². The molecule has 1 aromatic heterocycles. The predicted molar refractivity (Wildman–Crippen MR) is 76.3 cm³/mol. The van der Waals surface area contributed by atoms with Gasteiger partial charge in [-0.3, -0.25) is 4.79 Å². The zero-order valence-corrected chi connectivity index (χ0v) is 11.6. The first-order valence-electron chi connectivity index (χ1n) is 6.67. The van der Waals surface area contributed by atoms with Crippen molar-refractivity contribution >= 4 is 11.6 Å². The lowest BCUT2D eigenvalue weighted by Crippen LogP contribution is -2.30. The average molecular weight is 271 g/mol. The summed E-state index contributed by atoms with van der Waals surface area (Å²) in [6, 6.07) is 5.98. The normalized spacial score (nSPS) is 14.6. The summed E-state index contributed by atoms with van der Waals surface area (Å²) in [7, 11) is 1.81. The molecule has 104 valence electrons. The first-order chi connectivity index (χ1) is 9.61. The van der Waals surface area contributed by atoms with Gasteiger partial charge in [-0.1, -0.05) is 5.16 Å². The number of amides is 1. The summed E-state index contributed by atoms with van der Waals surface area (Å²) < 4.78 is 5.40. The standard InChI is InChI=1S/C15H17N3O2/c1-9-12(8-16)15(20-17-9)11-3-5-13-10(7-11)4-6-14(19)18(13)2/h3,5,7H,4,6,8,16H2,1-2H3. The van der Waals surface area contributed by atoms with Crippen LogP contribution in [0.1, 0.15) is 23.2 Å². The molecule has 1 amide bonds. The molecule has 3 rings (SSSR count). The topological polar surface area (TPSA) is 72.4 Å². The highest BCUT2D eigenvalue weighted by molar-refractivity contribution is 5.96. The molecule has 1 aliphatic heterocycles. The number of carbonyl (C=O) groups excluding carboxylic acids is 1. The minimum atomic E-state index is 0.156. The van der Waals surface area contributed by atoms with Crippen LogP contribution in [0.15, 0.2) is 22.7 Å². The quantitative estimate of drug-likeness (QED) is 0.907. The Bertz CT molecular complexity index is 676. The Labute approximate surface area is 117 Å². The van der Waals surface area contributed by atoms with Gasteiger partial charge >= 0.3 is 0 Å². The predicted octanol–water partition coefficient (Wildman–Crippen LogP) is 2.02. The van der Waals surface area contributed by atoms with E-state index in [1.165, 1.54) is 0 Å². The first-order valence-corrected chi connectivity index (χ1v) is 6.67. The zero-order chi connectivity index (χ0) is 14.3. The molecule has 0 atom stereocenters. The number of rotatable bonds is 2. The maximum atomic E-state index is 11.7. The van der Waals surface area contributed by atoms with Crippen molar-refractivity contribution in [3.05, 3.63) is 35.0 Å². The van der Waals surface area contributed by atoms with Crippen molar-refractivity contribution in [3.63, 3.8) is 0 Å². The number of aromatic nitrogens is 1. The fourth-order valence-electron chi connectivity index (χ4n) is 2.65. The van der Waals surface area contributed by atoms with E-state index in [-0.39, 0.29) is 5.91 Å². The summed E-state index contributed by atoms with van der Waals surface area (Å²) in [5.74, 6) is 0.885. The average Bonchev–Trinajstić information content (AvgIpc) is 2.83. The number of benzene rings is 1. The molecule has 0 aliphatic carbocycles. The number of hydrogen-bond acceptors (Lipinski definition) is 4. The van der Waals surface area contributed by atoms with Gasteiger partial charge in [-0.15, -0.1) is 0 Å². The third kappa shape index (κ3) is 1.91. The van der Waals surface area contributed by atoms with Crippen LogP contribution in [0.25, 0.3) is 11.3 Å². The lowest BCUT2D eigenvalue weighted by atomic mass is 9.97. The molecular formula is C15H17N3O2. The van der Waals surface area contributed by atoms with Crippen LogP contribution in [0.4, 0.5) is 5.69 Å². The molecule has 1 aliphatic rings. The summed E-state index contributed by atoms with van der Waals surface area (Å²) in [6.07, 6.45) is 1.31. The zero-order valence-electron chi connectivity index (χ0n) is 11.6. The second-order valence-corrected chi connectivity index (χ2v) is 5.08. The van der Waals surface area contributed by atoms with Crippen LogP contribution < -0.4 is 10.6 Å². The number of fused-ring (bicyclic) bond motifs is 1. The molecule has 0 spiro atoms. The van der Waals surface area contributed by atoms with E-state index in [9.17, 15) is 4.79 Å². The molecule has 2 aromatic rings. The van der Waals surface area contributed by atoms with E-state index in [0.717, 1.165) is 40.3 Å². The molecule has 0 saturated heterocycles. The second kappa shape index (κ2) is 4.76. The van der Waals surface area contributed by atoms with E-state index < -0.39 is 0 Å². The Morgan fingerprint density at radius 1 is 1.40 bits per heavy atom. The Morgan fingerprint density at radius 2 is 2.20 bits per heavy atom. The maximum Gasteiger partial charge on any atom is 0.227 e. The van der Waals surface area contributed by atoms with E-state index >= 15 is 0 Å². The van der Waals surface area contributed by atoms with Crippen molar-refractivity contribution in [1.82, 2.24) is 5.16 Å². The van der Waals surface area contributed by atoms with E-state index in [2.05, 4.69) is 11.2 Å². The Balaban J connectivity index is 2.07. The number of hydrogen-bond donors (Lipinski definition) is 1. The molecule has 5 nitrogen and oxygen atoms in total. The second-order valence-electron chi connectivity index (χ2n) is 5.08. The van der Waals surface area contributed by atoms with Crippen LogP contribution in [0.2, 0.25) is 0 Å². The van der Waals surface area contributed by atoms with E-state index in [4.69, 9.17) is 10.3 Å². The largest absolute Gasteiger partial charge is 0.356 e. The minimum absolute atomic E-state index is 0.156.